The van der Waals surface area contributed by atoms with Crippen molar-refractivity contribution in [2.24, 2.45) is 0 Å². The van der Waals surface area contributed by atoms with Crippen LogP contribution in [0.1, 0.15) is 22.5 Å². The number of fused-ring (bicyclic) bond motifs is 1. The molecule has 3 aromatic rings. The Morgan fingerprint density at radius 3 is 2.68 bits per heavy atom. The van der Waals surface area contributed by atoms with Crippen LogP contribution in [-0.2, 0) is 6.54 Å². The SMILES string of the molecule is CSc1c(C)cnc(Cn2cnc3c(C)nc(N)nc32)c1C. The van der Waals surface area contributed by atoms with E-state index in [-0.39, 0.29) is 5.95 Å². The molecule has 0 spiro atoms. The zero-order valence-corrected chi connectivity index (χ0v) is 13.9. The lowest BCUT2D eigenvalue weighted by Crippen LogP contribution is -2.06. The largest absolute Gasteiger partial charge is 0.368 e. The van der Waals surface area contributed by atoms with Crippen LogP contribution in [0, 0.1) is 20.8 Å². The molecular formula is C15H18N6S. The lowest BCUT2D eigenvalue weighted by atomic mass is 10.1. The van der Waals surface area contributed by atoms with Crippen molar-refractivity contribution in [3.05, 3.63) is 35.0 Å². The van der Waals surface area contributed by atoms with Crippen LogP contribution in [0.4, 0.5) is 5.95 Å². The minimum absolute atomic E-state index is 0.269. The fraction of sp³-hybridized carbons (Fsp3) is 0.333. The topological polar surface area (TPSA) is 82.5 Å². The highest BCUT2D eigenvalue weighted by Gasteiger charge is 2.13. The Hall–Kier alpha value is -2.15. The van der Waals surface area contributed by atoms with Gasteiger partial charge in [-0.25, -0.2) is 9.97 Å². The third-order valence-corrected chi connectivity index (χ3v) is 4.76. The van der Waals surface area contributed by atoms with Crippen molar-refractivity contribution in [1.29, 1.82) is 0 Å². The Balaban J connectivity index is 2.08. The third-order valence-electron chi connectivity index (χ3n) is 3.73. The number of hydrogen-bond donors (Lipinski definition) is 1. The van der Waals surface area contributed by atoms with Gasteiger partial charge < -0.3 is 10.3 Å². The van der Waals surface area contributed by atoms with Gasteiger partial charge in [-0.05, 0) is 38.2 Å². The van der Waals surface area contributed by atoms with Crippen LogP contribution in [0.3, 0.4) is 0 Å². The van der Waals surface area contributed by atoms with E-state index in [0.717, 1.165) is 22.6 Å². The number of aryl methyl sites for hydroxylation is 2. The zero-order chi connectivity index (χ0) is 15.9. The second-order valence-corrected chi connectivity index (χ2v) is 6.07. The number of thioether (sulfide) groups is 1. The molecule has 0 unspecified atom stereocenters. The Labute approximate surface area is 133 Å². The molecule has 0 aliphatic heterocycles. The first-order valence-corrected chi connectivity index (χ1v) is 8.17. The van der Waals surface area contributed by atoms with Crippen molar-refractivity contribution in [1.82, 2.24) is 24.5 Å². The summed E-state index contributed by atoms with van der Waals surface area (Å²) in [6.45, 7) is 6.69. The molecule has 0 atom stereocenters. The van der Waals surface area contributed by atoms with Gasteiger partial charge in [-0.15, -0.1) is 11.8 Å². The van der Waals surface area contributed by atoms with Gasteiger partial charge in [0.25, 0.3) is 0 Å². The highest BCUT2D eigenvalue weighted by molar-refractivity contribution is 7.98. The lowest BCUT2D eigenvalue weighted by molar-refractivity contribution is 0.774. The molecule has 22 heavy (non-hydrogen) atoms. The molecule has 7 heteroatoms. The van der Waals surface area contributed by atoms with Crippen molar-refractivity contribution in [3.63, 3.8) is 0 Å². The van der Waals surface area contributed by atoms with Crippen LogP contribution < -0.4 is 5.73 Å². The van der Waals surface area contributed by atoms with Crippen LogP contribution in [0.25, 0.3) is 11.2 Å². The van der Waals surface area contributed by atoms with Crippen LogP contribution in [0.2, 0.25) is 0 Å². The maximum Gasteiger partial charge on any atom is 0.222 e. The number of hydrogen-bond acceptors (Lipinski definition) is 6. The van der Waals surface area contributed by atoms with Crippen LogP contribution >= 0.6 is 11.8 Å². The van der Waals surface area contributed by atoms with Crippen molar-refractivity contribution >= 4 is 28.9 Å². The smallest absolute Gasteiger partial charge is 0.222 e. The maximum absolute atomic E-state index is 5.76. The number of pyridine rings is 1. The van der Waals surface area contributed by atoms with Gasteiger partial charge in [-0.2, -0.15) is 4.98 Å². The number of rotatable bonds is 3. The standard InChI is InChI=1S/C15H18N6S/c1-8-5-17-11(9(2)13(8)22-4)6-21-7-18-12-10(3)19-15(16)20-14(12)21/h5,7H,6H2,1-4H3,(H2,16,19,20). The number of imidazole rings is 1. The monoisotopic (exact) mass is 314 g/mol. The third kappa shape index (κ3) is 2.41. The summed E-state index contributed by atoms with van der Waals surface area (Å²) in [7, 11) is 0. The highest BCUT2D eigenvalue weighted by atomic mass is 32.2. The average molecular weight is 314 g/mol. The molecule has 0 fully saturated rings. The number of aromatic nitrogens is 5. The van der Waals surface area contributed by atoms with Gasteiger partial charge in [-0.1, -0.05) is 0 Å². The molecule has 114 valence electrons. The molecule has 3 heterocycles. The first-order valence-electron chi connectivity index (χ1n) is 6.95. The van der Waals surface area contributed by atoms with E-state index in [2.05, 4.69) is 40.0 Å². The van der Waals surface area contributed by atoms with Crippen LogP contribution in [-0.4, -0.2) is 30.8 Å². The number of nitrogens with two attached hydrogens (primary N) is 1. The molecule has 0 aliphatic rings. The lowest BCUT2D eigenvalue weighted by Gasteiger charge is -2.12. The Morgan fingerprint density at radius 2 is 1.95 bits per heavy atom. The molecule has 0 radical (unpaired) electrons. The molecule has 2 N–H and O–H groups in total. The predicted molar refractivity (Wildman–Crippen MR) is 89.1 cm³/mol. The van der Waals surface area contributed by atoms with Crippen molar-refractivity contribution in [3.8, 4) is 0 Å². The molecular weight excluding hydrogens is 296 g/mol. The zero-order valence-electron chi connectivity index (χ0n) is 13.1. The second kappa shape index (κ2) is 5.57. The van der Waals surface area contributed by atoms with E-state index in [9.17, 15) is 0 Å². The van der Waals surface area contributed by atoms with E-state index >= 15 is 0 Å². The average Bonchev–Trinajstić information content (AvgIpc) is 2.86. The summed E-state index contributed by atoms with van der Waals surface area (Å²) in [5.74, 6) is 0.269. The molecule has 3 aromatic heterocycles. The molecule has 0 bridgehead atoms. The first-order chi connectivity index (χ1) is 10.5. The van der Waals surface area contributed by atoms with Crippen molar-refractivity contribution in [2.45, 2.75) is 32.2 Å². The Morgan fingerprint density at radius 1 is 1.18 bits per heavy atom. The van der Waals surface area contributed by atoms with E-state index in [1.54, 1.807) is 18.1 Å². The van der Waals surface area contributed by atoms with Gasteiger partial charge in [0.15, 0.2) is 5.65 Å². The molecule has 0 aliphatic carbocycles. The Kier molecular flexibility index (Phi) is 3.74. The molecule has 0 amide bonds. The Bertz CT molecular complexity index is 855. The van der Waals surface area contributed by atoms with E-state index in [4.69, 9.17) is 5.73 Å². The normalized spacial score (nSPS) is 11.3. The van der Waals surface area contributed by atoms with Crippen molar-refractivity contribution in [2.75, 3.05) is 12.0 Å². The second-order valence-electron chi connectivity index (χ2n) is 5.26. The summed E-state index contributed by atoms with van der Waals surface area (Å²) in [4.78, 5) is 18.7. The van der Waals surface area contributed by atoms with Gasteiger partial charge in [0.05, 0.1) is 24.3 Å². The molecule has 3 rings (SSSR count). The van der Waals surface area contributed by atoms with Crippen LogP contribution in [0.5, 0.6) is 0 Å². The molecule has 6 nitrogen and oxygen atoms in total. The minimum atomic E-state index is 0.269. The summed E-state index contributed by atoms with van der Waals surface area (Å²) in [5, 5.41) is 0. The van der Waals surface area contributed by atoms with Gasteiger partial charge >= 0.3 is 0 Å². The van der Waals surface area contributed by atoms with E-state index in [0.29, 0.717) is 6.54 Å². The fourth-order valence-electron chi connectivity index (χ4n) is 2.61. The minimum Gasteiger partial charge on any atom is -0.368 e. The van der Waals surface area contributed by atoms with Gasteiger partial charge in [0.2, 0.25) is 5.95 Å². The van der Waals surface area contributed by atoms with Gasteiger partial charge in [0.1, 0.15) is 5.52 Å². The van der Waals surface area contributed by atoms with E-state index in [1.165, 1.54) is 16.0 Å². The summed E-state index contributed by atoms with van der Waals surface area (Å²) in [6.07, 6.45) is 5.77. The van der Waals surface area contributed by atoms with E-state index < -0.39 is 0 Å². The van der Waals surface area contributed by atoms with Crippen molar-refractivity contribution < 1.29 is 0 Å². The molecule has 0 saturated heterocycles. The quantitative estimate of drug-likeness (QED) is 0.748. The van der Waals surface area contributed by atoms with E-state index in [1.807, 2.05) is 17.7 Å². The number of anilines is 1. The summed E-state index contributed by atoms with van der Waals surface area (Å²) in [6, 6.07) is 0. The van der Waals surface area contributed by atoms with Gasteiger partial charge in [0, 0.05) is 11.1 Å². The highest BCUT2D eigenvalue weighted by Crippen LogP contribution is 2.26. The van der Waals surface area contributed by atoms with Gasteiger partial charge in [-0.3, -0.25) is 4.98 Å². The number of nitrogens with zero attached hydrogens (tertiary/aromatic N) is 5. The molecule has 0 saturated carbocycles. The molecule has 0 aromatic carbocycles. The summed E-state index contributed by atoms with van der Waals surface area (Å²) < 4.78 is 1.97. The number of nitrogen functional groups attached to an aromatic ring is 1. The van der Waals surface area contributed by atoms with Crippen LogP contribution in [0.15, 0.2) is 17.4 Å². The maximum atomic E-state index is 5.76. The fourth-order valence-corrected chi connectivity index (χ4v) is 3.41. The first kappa shape index (κ1) is 14.8. The summed E-state index contributed by atoms with van der Waals surface area (Å²) >= 11 is 1.75. The summed E-state index contributed by atoms with van der Waals surface area (Å²) in [5.41, 5.74) is 11.5. The predicted octanol–water partition coefficient (Wildman–Crippen LogP) is 2.50.